The van der Waals surface area contributed by atoms with E-state index in [1.165, 1.54) is 12.1 Å². The number of aliphatic hydroxyl groups is 1. The van der Waals surface area contributed by atoms with Gasteiger partial charge in [-0.2, -0.15) is 0 Å². The highest BCUT2D eigenvalue weighted by molar-refractivity contribution is 7.89. The summed E-state index contributed by atoms with van der Waals surface area (Å²) in [6, 6.07) is 4.76. The monoisotopic (exact) mass is 300 g/mol. The first-order chi connectivity index (χ1) is 9.28. The van der Waals surface area contributed by atoms with Crippen LogP contribution in [0, 0.1) is 12.3 Å². The first-order valence-corrected chi connectivity index (χ1v) is 8.31. The largest absolute Gasteiger partial charge is 0.396 e. The second-order valence-corrected chi connectivity index (χ2v) is 6.80. The fraction of sp³-hybridized carbons (Fsp3) is 0.571. The van der Waals surface area contributed by atoms with Crippen LogP contribution >= 0.6 is 0 Å². The van der Waals surface area contributed by atoms with Crippen molar-refractivity contribution in [2.75, 3.05) is 18.5 Å². The molecule has 0 aliphatic rings. The third kappa shape index (κ3) is 3.94. The van der Waals surface area contributed by atoms with Gasteiger partial charge in [-0.05, 0) is 37.5 Å². The zero-order chi connectivity index (χ0) is 15.4. The van der Waals surface area contributed by atoms with Crippen LogP contribution in [0.1, 0.15) is 32.3 Å². The van der Waals surface area contributed by atoms with E-state index >= 15 is 0 Å². The number of nitrogens with two attached hydrogens (primary N) is 1. The minimum Gasteiger partial charge on any atom is -0.396 e. The van der Waals surface area contributed by atoms with Gasteiger partial charge in [-0.1, -0.05) is 19.9 Å². The van der Waals surface area contributed by atoms with Crippen molar-refractivity contribution in [3.05, 3.63) is 23.8 Å². The van der Waals surface area contributed by atoms with Gasteiger partial charge in [-0.15, -0.1) is 0 Å². The average molecular weight is 300 g/mol. The number of benzene rings is 1. The molecule has 1 rings (SSSR count). The zero-order valence-corrected chi connectivity index (χ0v) is 13.1. The highest BCUT2D eigenvalue weighted by Crippen LogP contribution is 2.27. The molecular weight excluding hydrogens is 276 g/mol. The van der Waals surface area contributed by atoms with Gasteiger partial charge in [-0.25, -0.2) is 13.6 Å². The van der Waals surface area contributed by atoms with Crippen LogP contribution in [-0.2, 0) is 10.0 Å². The molecule has 0 aliphatic heterocycles. The van der Waals surface area contributed by atoms with E-state index in [1.54, 1.807) is 6.07 Å². The summed E-state index contributed by atoms with van der Waals surface area (Å²) in [6.07, 6.45) is 1.70. The van der Waals surface area contributed by atoms with E-state index in [4.69, 9.17) is 5.14 Å². The Kier molecular flexibility index (Phi) is 5.56. The summed E-state index contributed by atoms with van der Waals surface area (Å²) < 4.78 is 22.8. The number of sulfonamides is 1. The van der Waals surface area contributed by atoms with Gasteiger partial charge >= 0.3 is 0 Å². The van der Waals surface area contributed by atoms with Gasteiger partial charge < -0.3 is 10.4 Å². The Morgan fingerprint density at radius 1 is 1.30 bits per heavy atom. The predicted octanol–water partition coefficient (Wildman–Crippen LogP) is 1.85. The van der Waals surface area contributed by atoms with Crippen LogP contribution in [0.25, 0.3) is 0 Å². The Balaban J connectivity index is 2.98. The summed E-state index contributed by atoms with van der Waals surface area (Å²) in [5.74, 6) is 0. The first kappa shape index (κ1) is 16.9. The van der Waals surface area contributed by atoms with Crippen molar-refractivity contribution in [3.8, 4) is 0 Å². The van der Waals surface area contributed by atoms with Crippen LogP contribution in [0.15, 0.2) is 23.1 Å². The maximum absolute atomic E-state index is 11.4. The number of rotatable bonds is 7. The minimum absolute atomic E-state index is 0.0909. The van der Waals surface area contributed by atoms with E-state index in [-0.39, 0.29) is 16.9 Å². The van der Waals surface area contributed by atoms with Crippen LogP contribution in [0.5, 0.6) is 0 Å². The van der Waals surface area contributed by atoms with Gasteiger partial charge in [-0.3, -0.25) is 0 Å². The van der Waals surface area contributed by atoms with Crippen molar-refractivity contribution in [3.63, 3.8) is 0 Å². The Labute approximate surface area is 121 Å². The predicted molar refractivity (Wildman–Crippen MR) is 81.1 cm³/mol. The highest BCUT2D eigenvalue weighted by atomic mass is 32.2. The number of nitrogens with one attached hydrogen (secondary N) is 1. The van der Waals surface area contributed by atoms with Crippen molar-refractivity contribution in [1.29, 1.82) is 0 Å². The fourth-order valence-corrected chi connectivity index (χ4v) is 2.57. The topological polar surface area (TPSA) is 92.4 Å². The maximum atomic E-state index is 11.4. The second-order valence-electron chi connectivity index (χ2n) is 5.24. The third-order valence-corrected chi connectivity index (χ3v) is 4.94. The molecule has 1 aromatic rings. The van der Waals surface area contributed by atoms with Gasteiger partial charge in [0.05, 0.1) is 11.5 Å². The molecule has 0 amide bonds. The third-order valence-electron chi connectivity index (χ3n) is 4.03. The number of hydrogen-bond donors (Lipinski definition) is 3. The Bertz CT molecular complexity index is 543. The summed E-state index contributed by atoms with van der Waals surface area (Å²) in [5.41, 5.74) is 1.48. The SMILES string of the molecule is CCC(CC)(CO)CNc1cc(S(N)(=O)=O)ccc1C. The quantitative estimate of drug-likeness (QED) is 0.716. The standard InChI is InChI=1S/C14H24N2O3S/c1-4-14(5-2,10-17)9-16-13-8-12(20(15,18)19)7-6-11(13)3/h6-8,16-17H,4-5,9-10H2,1-3H3,(H2,15,18,19). The zero-order valence-electron chi connectivity index (χ0n) is 12.3. The number of primary sulfonamides is 1. The molecule has 0 fully saturated rings. The van der Waals surface area contributed by atoms with Crippen molar-refractivity contribution in [1.82, 2.24) is 0 Å². The summed E-state index contributed by atoms with van der Waals surface area (Å²) >= 11 is 0. The van der Waals surface area contributed by atoms with E-state index in [0.29, 0.717) is 6.54 Å². The molecule has 1 aromatic carbocycles. The van der Waals surface area contributed by atoms with Gasteiger partial charge in [0, 0.05) is 17.6 Å². The molecule has 0 saturated carbocycles. The van der Waals surface area contributed by atoms with Crippen LogP contribution in [0.3, 0.4) is 0 Å². The number of aryl methyl sites for hydroxylation is 1. The molecule has 0 aromatic heterocycles. The maximum Gasteiger partial charge on any atom is 0.238 e. The lowest BCUT2D eigenvalue weighted by molar-refractivity contribution is 0.127. The Morgan fingerprint density at radius 2 is 1.90 bits per heavy atom. The van der Waals surface area contributed by atoms with Crippen molar-refractivity contribution in [2.24, 2.45) is 10.6 Å². The van der Waals surface area contributed by atoms with Crippen LogP contribution in [0.4, 0.5) is 5.69 Å². The van der Waals surface area contributed by atoms with E-state index in [9.17, 15) is 13.5 Å². The molecule has 0 spiro atoms. The summed E-state index contributed by atoms with van der Waals surface area (Å²) in [4.78, 5) is 0.0909. The molecule has 20 heavy (non-hydrogen) atoms. The lowest BCUT2D eigenvalue weighted by Crippen LogP contribution is -2.32. The molecule has 6 heteroatoms. The van der Waals surface area contributed by atoms with Gasteiger partial charge in [0.25, 0.3) is 0 Å². The molecule has 0 radical (unpaired) electrons. The normalized spacial score (nSPS) is 12.4. The van der Waals surface area contributed by atoms with Gasteiger partial charge in [0.15, 0.2) is 0 Å². The van der Waals surface area contributed by atoms with Crippen molar-refractivity contribution < 1.29 is 13.5 Å². The van der Waals surface area contributed by atoms with Crippen molar-refractivity contribution >= 4 is 15.7 Å². The molecule has 0 heterocycles. The molecule has 5 nitrogen and oxygen atoms in total. The van der Waals surface area contributed by atoms with E-state index < -0.39 is 10.0 Å². The van der Waals surface area contributed by atoms with Crippen LogP contribution in [-0.4, -0.2) is 26.7 Å². The molecule has 0 unspecified atom stereocenters. The molecule has 0 bridgehead atoms. The molecule has 4 N–H and O–H groups in total. The second kappa shape index (κ2) is 6.56. The molecule has 0 saturated heterocycles. The highest BCUT2D eigenvalue weighted by Gasteiger charge is 2.25. The summed E-state index contributed by atoms with van der Waals surface area (Å²) in [5, 5.41) is 17.9. The average Bonchev–Trinajstić information content (AvgIpc) is 2.41. The smallest absolute Gasteiger partial charge is 0.238 e. The first-order valence-electron chi connectivity index (χ1n) is 6.76. The van der Waals surface area contributed by atoms with Gasteiger partial charge in [0.2, 0.25) is 10.0 Å². The van der Waals surface area contributed by atoms with E-state index in [0.717, 1.165) is 24.1 Å². The molecule has 0 aliphatic carbocycles. The van der Waals surface area contributed by atoms with E-state index in [2.05, 4.69) is 5.32 Å². The van der Waals surface area contributed by atoms with Crippen LogP contribution < -0.4 is 10.5 Å². The Morgan fingerprint density at radius 3 is 2.35 bits per heavy atom. The fourth-order valence-electron chi connectivity index (χ4n) is 2.03. The molecular formula is C14H24N2O3S. The Hall–Kier alpha value is -1.11. The number of aliphatic hydroxyl groups excluding tert-OH is 1. The van der Waals surface area contributed by atoms with E-state index in [1.807, 2.05) is 20.8 Å². The summed E-state index contributed by atoms with van der Waals surface area (Å²) in [7, 11) is -3.70. The minimum atomic E-state index is -3.70. The van der Waals surface area contributed by atoms with Crippen molar-refractivity contribution in [2.45, 2.75) is 38.5 Å². The summed E-state index contributed by atoms with van der Waals surface area (Å²) in [6.45, 7) is 6.66. The molecule has 0 atom stereocenters. The number of anilines is 1. The van der Waals surface area contributed by atoms with Gasteiger partial charge in [0.1, 0.15) is 0 Å². The molecule has 114 valence electrons. The lowest BCUT2D eigenvalue weighted by atomic mass is 9.83. The lowest BCUT2D eigenvalue weighted by Gasteiger charge is -2.30. The number of hydrogen-bond acceptors (Lipinski definition) is 4. The van der Waals surface area contributed by atoms with Crippen LogP contribution in [0.2, 0.25) is 0 Å².